The summed E-state index contributed by atoms with van der Waals surface area (Å²) in [7, 11) is 0. The highest BCUT2D eigenvalue weighted by Gasteiger charge is 2.47. The first-order valence-electron chi connectivity index (χ1n) is 15.0. The number of nitrogens with one attached hydrogen (secondary N) is 1. The van der Waals surface area contributed by atoms with E-state index in [2.05, 4.69) is 30.4 Å². The highest BCUT2D eigenvalue weighted by Crippen LogP contribution is 2.36. The lowest BCUT2D eigenvalue weighted by molar-refractivity contribution is -0.124. The molecule has 1 aromatic carbocycles. The first-order valence-corrected chi connectivity index (χ1v) is 15.9. The van der Waals surface area contributed by atoms with Gasteiger partial charge in [-0.3, -0.25) is 18.9 Å². The molecule has 2 saturated heterocycles. The minimum Gasteiger partial charge on any atom is -0.390 e. The Morgan fingerprint density at radius 2 is 1.67 bits per heavy atom. The van der Waals surface area contributed by atoms with Crippen molar-refractivity contribution in [3.05, 3.63) is 34.4 Å². The van der Waals surface area contributed by atoms with Crippen LogP contribution in [0.5, 0.6) is 0 Å². The zero-order valence-electron chi connectivity index (χ0n) is 24.2. The normalized spacial score (nSPS) is 26.9. The fraction of sp³-hybridized carbons (Fsp3) is 0.710. The van der Waals surface area contributed by atoms with E-state index in [9.17, 15) is 14.7 Å². The van der Waals surface area contributed by atoms with Crippen LogP contribution in [0, 0.1) is 25.7 Å². The minimum atomic E-state index is -0.660. The zero-order chi connectivity index (χ0) is 27.8. The van der Waals surface area contributed by atoms with Crippen molar-refractivity contribution in [3.63, 3.8) is 0 Å². The maximum absolute atomic E-state index is 13.1. The molecule has 8 heteroatoms. The SMILES string of the molecule is Cc1cc(C(=O)N2CCC(C)(O)CC2)cc(C)c1CCSN1CCC2(CC1)N=C(C1CCC(C)CC1)NC2=O. The third-order valence-corrected chi connectivity index (χ3v) is 10.8. The van der Waals surface area contributed by atoms with Crippen LogP contribution in [0.15, 0.2) is 17.1 Å². The molecular weight excluding hydrogens is 508 g/mol. The van der Waals surface area contributed by atoms with E-state index in [0.717, 1.165) is 68.3 Å². The second-order valence-electron chi connectivity index (χ2n) is 12.8. The van der Waals surface area contributed by atoms with Crippen LogP contribution >= 0.6 is 11.9 Å². The molecule has 2 amide bonds. The number of carbonyl (C=O) groups is 2. The Kier molecular flexibility index (Phi) is 8.46. The van der Waals surface area contributed by atoms with Crippen LogP contribution in [-0.2, 0) is 11.2 Å². The number of likely N-dealkylation sites (tertiary alicyclic amines) is 1. The van der Waals surface area contributed by atoms with Gasteiger partial charge in [-0.05, 0) is 100 Å². The summed E-state index contributed by atoms with van der Waals surface area (Å²) in [5, 5.41) is 13.4. The van der Waals surface area contributed by atoms with Crippen molar-refractivity contribution in [3.8, 4) is 0 Å². The van der Waals surface area contributed by atoms with Crippen LogP contribution in [-0.4, -0.2) is 75.0 Å². The summed E-state index contributed by atoms with van der Waals surface area (Å²) in [5.74, 6) is 3.36. The van der Waals surface area contributed by atoms with Crippen LogP contribution < -0.4 is 5.32 Å². The van der Waals surface area contributed by atoms with Gasteiger partial charge in [0, 0.05) is 43.4 Å². The first-order chi connectivity index (χ1) is 18.6. The van der Waals surface area contributed by atoms with Crippen molar-refractivity contribution in [2.75, 3.05) is 31.9 Å². The predicted octanol–water partition coefficient (Wildman–Crippen LogP) is 4.67. The number of amides is 2. The Labute approximate surface area is 238 Å². The predicted molar refractivity (Wildman–Crippen MR) is 158 cm³/mol. The minimum absolute atomic E-state index is 0.0692. The van der Waals surface area contributed by atoms with Gasteiger partial charge in [-0.15, -0.1) is 0 Å². The molecule has 7 nitrogen and oxygen atoms in total. The molecular formula is C31H46N4O3S. The molecule has 0 atom stereocenters. The van der Waals surface area contributed by atoms with Crippen molar-refractivity contribution in [2.24, 2.45) is 16.8 Å². The fourth-order valence-corrected chi connectivity index (χ4v) is 7.75. The fourth-order valence-electron chi connectivity index (χ4n) is 6.76. The standard InChI is InChI=1S/C31H46N4O3S/c1-21-5-7-24(8-6-21)27-32-29(37)31(33-27)12-16-35(17-13-31)39-18-9-26-22(2)19-25(20-23(26)3)28(36)34-14-10-30(4,38)11-15-34/h19-21,24,38H,5-18H2,1-4H3,(H,32,33,37). The summed E-state index contributed by atoms with van der Waals surface area (Å²) in [6, 6.07) is 4.07. The molecule has 1 spiro atoms. The van der Waals surface area contributed by atoms with Crippen molar-refractivity contribution in [1.82, 2.24) is 14.5 Å². The number of carbonyl (C=O) groups excluding carboxylic acids is 2. The average molecular weight is 555 g/mol. The third kappa shape index (κ3) is 6.38. The van der Waals surface area contributed by atoms with E-state index in [1.165, 1.54) is 29.5 Å². The number of aliphatic hydroxyl groups is 1. The summed E-state index contributed by atoms with van der Waals surface area (Å²) >= 11 is 1.87. The number of benzene rings is 1. The molecule has 214 valence electrons. The highest BCUT2D eigenvalue weighted by atomic mass is 32.2. The van der Waals surface area contributed by atoms with Crippen molar-refractivity contribution in [2.45, 2.75) is 96.6 Å². The number of amidine groups is 1. The molecule has 0 unspecified atom stereocenters. The molecule has 1 aromatic rings. The number of hydrogen-bond donors (Lipinski definition) is 2. The average Bonchev–Trinajstić information content (AvgIpc) is 3.22. The highest BCUT2D eigenvalue weighted by molar-refractivity contribution is 7.97. The Morgan fingerprint density at radius 1 is 1.05 bits per heavy atom. The maximum atomic E-state index is 13.1. The molecule has 2 N–H and O–H groups in total. The number of nitrogens with zero attached hydrogens (tertiary/aromatic N) is 3. The van der Waals surface area contributed by atoms with Gasteiger partial charge in [0.25, 0.3) is 11.8 Å². The Balaban J connectivity index is 1.11. The number of rotatable bonds is 6. The monoisotopic (exact) mass is 554 g/mol. The van der Waals surface area contributed by atoms with Gasteiger partial charge in [0.05, 0.1) is 5.60 Å². The maximum Gasteiger partial charge on any atom is 0.253 e. The van der Waals surface area contributed by atoms with Crippen LogP contribution in [0.25, 0.3) is 0 Å². The summed E-state index contributed by atoms with van der Waals surface area (Å²) < 4.78 is 2.40. The molecule has 3 fully saturated rings. The van der Waals surface area contributed by atoms with E-state index in [1.807, 2.05) is 35.9 Å². The molecule has 1 aliphatic carbocycles. The smallest absolute Gasteiger partial charge is 0.253 e. The van der Waals surface area contributed by atoms with E-state index >= 15 is 0 Å². The molecule has 3 aliphatic heterocycles. The number of aliphatic imine (C=N–C) groups is 1. The van der Waals surface area contributed by atoms with Crippen molar-refractivity contribution >= 4 is 29.6 Å². The van der Waals surface area contributed by atoms with Gasteiger partial charge in [0.15, 0.2) is 0 Å². The summed E-state index contributed by atoms with van der Waals surface area (Å²) in [5.41, 5.74) is 3.20. The van der Waals surface area contributed by atoms with Crippen LogP contribution in [0.3, 0.4) is 0 Å². The summed E-state index contributed by atoms with van der Waals surface area (Å²) in [6.45, 7) is 11.4. The number of aryl methyl sites for hydroxylation is 2. The van der Waals surface area contributed by atoms with Gasteiger partial charge >= 0.3 is 0 Å². The second-order valence-corrected chi connectivity index (χ2v) is 14.0. The van der Waals surface area contributed by atoms with Crippen LogP contribution in [0.2, 0.25) is 0 Å². The lowest BCUT2D eigenvalue weighted by atomic mass is 9.82. The summed E-state index contributed by atoms with van der Waals surface area (Å²) in [6.07, 6.45) is 8.55. The lowest BCUT2D eigenvalue weighted by Crippen LogP contribution is -2.47. The van der Waals surface area contributed by atoms with Crippen molar-refractivity contribution in [1.29, 1.82) is 0 Å². The van der Waals surface area contributed by atoms with Gasteiger partial charge in [-0.1, -0.05) is 31.7 Å². The molecule has 0 bridgehead atoms. The van der Waals surface area contributed by atoms with Gasteiger partial charge < -0.3 is 15.3 Å². The van der Waals surface area contributed by atoms with E-state index in [1.54, 1.807) is 0 Å². The van der Waals surface area contributed by atoms with E-state index in [0.29, 0.717) is 31.8 Å². The zero-order valence-corrected chi connectivity index (χ0v) is 25.0. The largest absolute Gasteiger partial charge is 0.390 e. The van der Waals surface area contributed by atoms with Gasteiger partial charge in [0.2, 0.25) is 0 Å². The molecule has 1 saturated carbocycles. The van der Waals surface area contributed by atoms with Crippen LogP contribution in [0.4, 0.5) is 0 Å². The molecule has 5 rings (SSSR count). The van der Waals surface area contributed by atoms with Gasteiger partial charge in [0.1, 0.15) is 11.4 Å². The van der Waals surface area contributed by atoms with Crippen LogP contribution in [0.1, 0.15) is 92.3 Å². The Hall–Kier alpha value is -1.90. The van der Waals surface area contributed by atoms with E-state index in [4.69, 9.17) is 4.99 Å². The van der Waals surface area contributed by atoms with Gasteiger partial charge in [-0.2, -0.15) is 0 Å². The molecule has 4 aliphatic rings. The first kappa shape index (κ1) is 28.6. The van der Waals surface area contributed by atoms with Crippen molar-refractivity contribution < 1.29 is 14.7 Å². The third-order valence-electron chi connectivity index (χ3n) is 9.65. The number of hydrogen-bond acceptors (Lipinski definition) is 6. The Morgan fingerprint density at radius 3 is 2.28 bits per heavy atom. The Bertz CT molecular complexity index is 1080. The molecule has 3 heterocycles. The lowest BCUT2D eigenvalue weighted by Gasteiger charge is -2.36. The second kappa shape index (κ2) is 11.5. The number of piperidine rings is 2. The van der Waals surface area contributed by atoms with E-state index < -0.39 is 11.1 Å². The molecule has 0 radical (unpaired) electrons. The summed E-state index contributed by atoms with van der Waals surface area (Å²) in [4.78, 5) is 33.0. The molecule has 39 heavy (non-hydrogen) atoms. The van der Waals surface area contributed by atoms with E-state index in [-0.39, 0.29) is 11.8 Å². The molecule has 0 aromatic heterocycles. The van der Waals surface area contributed by atoms with Gasteiger partial charge in [-0.25, -0.2) is 0 Å². The topological polar surface area (TPSA) is 85.2 Å². The quantitative estimate of drug-likeness (QED) is 0.499.